The molecule has 2 aliphatic carbocycles. The van der Waals surface area contributed by atoms with E-state index >= 15 is 0 Å². The molecule has 3 aliphatic rings. The Labute approximate surface area is 162 Å². The molecule has 1 aliphatic heterocycles. The highest BCUT2D eigenvalue weighted by Crippen LogP contribution is 2.51. The second kappa shape index (κ2) is 6.90. The molecule has 1 amide bonds. The van der Waals surface area contributed by atoms with Crippen LogP contribution in [-0.2, 0) is 23.9 Å². The zero-order valence-electron chi connectivity index (χ0n) is 15.8. The average molecular weight is 397 g/mol. The van der Waals surface area contributed by atoms with Crippen LogP contribution in [0.2, 0.25) is 0 Å². The van der Waals surface area contributed by atoms with Gasteiger partial charge in [-0.1, -0.05) is 12.8 Å². The van der Waals surface area contributed by atoms with Crippen molar-refractivity contribution in [2.24, 2.45) is 17.1 Å². The molecule has 2 unspecified atom stereocenters. The first-order valence-corrected chi connectivity index (χ1v) is 10.1. The molecule has 1 aromatic heterocycles. The number of hydrogen-bond donors (Lipinski definition) is 1. The minimum absolute atomic E-state index is 0.00209. The molecule has 0 saturated heterocycles. The van der Waals surface area contributed by atoms with Gasteiger partial charge in [0, 0.05) is 18.2 Å². The maximum Gasteiger partial charge on any atom is 0.422 e. The summed E-state index contributed by atoms with van der Waals surface area (Å²) in [5.74, 6) is 0.328. The normalized spacial score (nSPS) is 28.6. The van der Waals surface area contributed by atoms with Crippen molar-refractivity contribution >= 4 is 5.91 Å². The Bertz CT molecular complexity index is 777. The van der Waals surface area contributed by atoms with Gasteiger partial charge in [0.25, 0.3) is 0 Å². The van der Waals surface area contributed by atoms with Gasteiger partial charge >= 0.3 is 6.18 Å². The first-order valence-electron chi connectivity index (χ1n) is 10.1. The van der Waals surface area contributed by atoms with E-state index in [1.165, 1.54) is 0 Å². The molecule has 1 aromatic rings. The van der Waals surface area contributed by atoms with E-state index in [9.17, 15) is 23.2 Å². The van der Waals surface area contributed by atoms with Crippen LogP contribution in [0.1, 0.15) is 61.8 Å². The van der Waals surface area contributed by atoms with Crippen molar-refractivity contribution in [3.05, 3.63) is 34.3 Å². The number of carbonyl (C=O) groups is 1. The third-order valence-corrected chi connectivity index (χ3v) is 6.97. The van der Waals surface area contributed by atoms with Crippen LogP contribution in [-0.4, -0.2) is 23.4 Å². The van der Waals surface area contributed by atoms with Gasteiger partial charge in [0.1, 0.15) is 5.56 Å². The smallest absolute Gasteiger partial charge is 0.422 e. The minimum atomic E-state index is -4.59. The predicted octanol–water partition coefficient (Wildman–Crippen LogP) is 2.91. The zero-order valence-corrected chi connectivity index (χ0v) is 15.8. The molecule has 4 rings (SSSR count). The summed E-state index contributed by atoms with van der Waals surface area (Å²) in [4.78, 5) is 15.3. The number of halogens is 3. The van der Waals surface area contributed by atoms with E-state index in [2.05, 4.69) is 0 Å². The van der Waals surface area contributed by atoms with Crippen LogP contribution in [0, 0.1) is 16.5 Å². The third-order valence-electron chi connectivity index (χ3n) is 6.97. The van der Waals surface area contributed by atoms with E-state index in [1.807, 2.05) is 0 Å². The zero-order chi connectivity index (χ0) is 20.1. The van der Waals surface area contributed by atoms with Gasteiger partial charge in [0.2, 0.25) is 5.91 Å². The Hall–Kier alpha value is -1.83. The summed E-state index contributed by atoms with van der Waals surface area (Å²) in [5, 5.41) is 12.1. The third kappa shape index (κ3) is 3.25. The number of aromatic nitrogens is 1. The van der Waals surface area contributed by atoms with E-state index in [1.54, 1.807) is 4.90 Å². The number of rotatable bonds is 2. The van der Waals surface area contributed by atoms with Gasteiger partial charge in [0.05, 0.1) is 18.4 Å². The SMILES string of the molecule is NC1CCC(C(=O)N2CCc3c(cc(C(F)(F)F)c[n+]3[O-])C2)(C2CCCC2)C1. The van der Waals surface area contributed by atoms with E-state index < -0.39 is 17.2 Å². The van der Waals surface area contributed by atoms with E-state index in [0.29, 0.717) is 41.1 Å². The Morgan fingerprint density at radius 2 is 2.00 bits per heavy atom. The highest BCUT2D eigenvalue weighted by molar-refractivity contribution is 5.84. The molecule has 154 valence electrons. The van der Waals surface area contributed by atoms with E-state index in [-0.39, 0.29) is 24.9 Å². The Balaban J connectivity index is 1.62. The molecular weight excluding hydrogens is 371 g/mol. The van der Waals surface area contributed by atoms with Gasteiger partial charge in [-0.05, 0) is 44.1 Å². The van der Waals surface area contributed by atoms with Crippen molar-refractivity contribution in [1.29, 1.82) is 0 Å². The molecule has 0 spiro atoms. The van der Waals surface area contributed by atoms with E-state index in [4.69, 9.17) is 5.73 Å². The van der Waals surface area contributed by atoms with Crippen molar-refractivity contribution in [2.45, 2.75) is 70.1 Å². The fourth-order valence-electron chi connectivity index (χ4n) is 5.56. The molecule has 2 N–H and O–H groups in total. The van der Waals surface area contributed by atoms with E-state index in [0.717, 1.165) is 44.6 Å². The number of carbonyl (C=O) groups excluding carboxylic acids is 1. The summed E-state index contributed by atoms with van der Waals surface area (Å²) in [7, 11) is 0. The van der Waals surface area contributed by atoms with Gasteiger partial charge in [0.15, 0.2) is 11.9 Å². The summed E-state index contributed by atoms with van der Waals surface area (Å²) in [6.07, 6.45) is 2.76. The molecule has 8 heteroatoms. The molecular formula is C20H26F3N3O2. The van der Waals surface area contributed by atoms with Gasteiger partial charge in [-0.15, -0.1) is 0 Å². The lowest BCUT2D eigenvalue weighted by Crippen LogP contribution is -2.50. The molecule has 5 nitrogen and oxygen atoms in total. The first kappa shape index (κ1) is 19.5. The highest BCUT2D eigenvalue weighted by Gasteiger charge is 2.52. The van der Waals surface area contributed by atoms with Crippen LogP contribution in [0.15, 0.2) is 12.3 Å². The first-order chi connectivity index (χ1) is 13.2. The van der Waals surface area contributed by atoms with Crippen molar-refractivity contribution < 1.29 is 22.7 Å². The number of amides is 1. The maximum atomic E-state index is 13.6. The summed E-state index contributed by atoms with van der Waals surface area (Å²) < 4.78 is 39.6. The summed E-state index contributed by atoms with van der Waals surface area (Å²) in [5.41, 5.74) is 5.34. The molecule has 28 heavy (non-hydrogen) atoms. The fourth-order valence-corrected chi connectivity index (χ4v) is 5.56. The Morgan fingerprint density at radius 1 is 1.29 bits per heavy atom. The van der Waals surface area contributed by atoms with Crippen LogP contribution in [0.5, 0.6) is 0 Å². The van der Waals surface area contributed by atoms with Gasteiger partial charge in [-0.3, -0.25) is 4.79 Å². The number of alkyl halides is 3. The van der Waals surface area contributed by atoms with Crippen LogP contribution in [0.3, 0.4) is 0 Å². The molecule has 2 atom stereocenters. The second-order valence-corrected chi connectivity index (χ2v) is 8.64. The van der Waals surface area contributed by atoms with Gasteiger partial charge < -0.3 is 15.8 Å². The summed E-state index contributed by atoms with van der Waals surface area (Å²) in [6, 6.07) is 1.02. The predicted molar refractivity (Wildman–Crippen MR) is 95.7 cm³/mol. The summed E-state index contributed by atoms with van der Waals surface area (Å²) in [6.45, 7) is 0.424. The van der Waals surface area contributed by atoms with Crippen molar-refractivity contribution in [1.82, 2.24) is 4.90 Å². The minimum Gasteiger partial charge on any atom is -0.618 e. The largest absolute Gasteiger partial charge is 0.618 e. The molecule has 0 bridgehead atoms. The van der Waals surface area contributed by atoms with Crippen LogP contribution in [0.4, 0.5) is 13.2 Å². The summed E-state index contributed by atoms with van der Waals surface area (Å²) >= 11 is 0. The Morgan fingerprint density at radius 3 is 2.61 bits per heavy atom. The lowest BCUT2D eigenvalue weighted by Gasteiger charge is -2.40. The Kier molecular flexibility index (Phi) is 4.80. The van der Waals surface area contributed by atoms with Crippen LogP contribution in [0.25, 0.3) is 0 Å². The van der Waals surface area contributed by atoms with Crippen molar-refractivity contribution in [3.8, 4) is 0 Å². The number of nitrogens with zero attached hydrogens (tertiary/aromatic N) is 2. The fraction of sp³-hybridized carbons (Fsp3) is 0.700. The second-order valence-electron chi connectivity index (χ2n) is 8.64. The van der Waals surface area contributed by atoms with Crippen LogP contribution >= 0.6 is 0 Å². The molecule has 0 aromatic carbocycles. The molecule has 0 radical (unpaired) electrons. The standard InChI is InChI=1S/C20H26F3N3O2/c21-20(22,23)15-9-13-11-25(8-6-17(13)26(28)12-15)18(27)19(7-5-16(24)10-19)14-3-1-2-4-14/h9,12,14,16H,1-8,10-11,24H2. The number of pyridine rings is 1. The number of hydrogen-bond acceptors (Lipinski definition) is 3. The van der Waals surface area contributed by atoms with Gasteiger partial charge in [-0.25, -0.2) is 0 Å². The monoisotopic (exact) mass is 397 g/mol. The van der Waals surface area contributed by atoms with Gasteiger partial charge in [-0.2, -0.15) is 17.9 Å². The molecule has 2 fully saturated rings. The quantitative estimate of drug-likeness (QED) is 0.616. The highest BCUT2D eigenvalue weighted by atomic mass is 19.4. The van der Waals surface area contributed by atoms with Crippen molar-refractivity contribution in [2.75, 3.05) is 6.54 Å². The average Bonchev–Trinajstić information content (AvgIpc) is 3.30. The lowest BCUT2D eigenvalue weighted by molar-refractivity contribution is -0.616. The van der Waals surface area contributed by atoms with Crippen molar-refractivity contribution in [3.63, 3.8) is 0 Å². The molecule has 2 heterocycles. The lowest BCUT2D eigenvalue weighted by atomic mass is 9.71. The van der Waals surface area contributed by atoms with Crippen LogP contribution < -0.4 is 10.5 Å². The molecule has 2 saturated carbocycles. The maximum absolute atomic E-state index is 13.6. The number of nitrogens with two attached hydrogens (primary N) is 1. The topological polar surface area (TPSA) is 73.3 Å². The number of fused-ring (bicyclic) bond motifs is 1.